The Balaban J connectivity index is 2.44. The molecule has 0 saturated carbocycles. The summed E-state index contributed by atoms with van der Waals surface area (Å²) >= 11 is 6.12. The van der Waals surface area contributed by atoms with Crippen molar-refractivity contribution in [2.75, 3.05) is 24.2 Å². The molecule has 0 aliphatic carbocycles. The molecule has 0 aliphatic heterocycles. The molecule has 0 aromatic heterocycles. The number of carbonyl (C=O) groups is 2. The first-order chi connectivity index (χ1) is 16.4. The summed E-state index contributed by atoms with van der Waals surface area (Å²) in [5.41, 5.74) is 1.70. The third-order valence-corrected chi connectivity index (χ3v) is 7.14. The highest BCUT2D eigenvalue weighted by Crippen LogP contribution is 2.27. The first kappa shape index (κ1) is 28.5. The molecule has 10 heteroatoms. The highest BCUT2D eigenvalue weighted by Gasteiger charge is 2.31. The number of amides is 2. The van der Waals surface area contributed by atoms with Crippen LogP contribution < -0.4 is 14.4 Å². The molecule has 0 aliphatic rings. The monoisotopic (exact) mass is 523 g/mol. The summed E-state index contributed by atoms with van der Waals surface area (Å²) in [7, 11) is -2.29. The van der Waals surface area contributed by atoms with E-state index >= 15 is 0 Å². The molecular weight excluding hydrogens is 490 g/mol. The van der Waals surface area contributed by atoms with E-state index in [0.717, 1.165) is 22.5 Å². The molecule has 2 rings (SSSR count). The average Bonchev–Trinajstić information content (AvgIpc) is 2.81. The van der Waals surface area contributed by atoms with Crippen LogP contribution >= 0.6 is 11.6 Å². The fourth-order valence-electron chi connectivity index (χ4n) is 3.46. The van der Waals surface area contributed by atoms with E-state index in [4.69, 9.17) is 16.3 Å². The Kier molecular flexibility index (Phi) is 9.97. The Labute approximate surface area is 213 Å². The second kappa shape index (κ2) is 12.3. The van der Waals surface area contributed by atoms with Gasteiger partial charge in [-0.1, -0.05) is 36.7 Å². The minimum Gasteiger partial charge on any atom is -0.497 e. The number of aryl methyl sites for hydroxylation is 1. The molecule has 8 nitrogen and oxygen atoms in total. The van der Waals surface area contributed by atoms with Gasteiger partial charge >= 0.3 is 0 Å². The van der Waals surface area contributed by atoms with Crippen LogP contribution in [0.2, 0.25) is 5.02 Å². The number of benzene rings is 2. The number of nitrogens with one attached hydrogen (secondary N) is 1. The van der Waals surface area contributed by atoms with Crippen LogP contribution in [0.25, 0.3) is 0 Å². The number of sulfonamides is 1. The maximum Gasteiger partial charge on any atom is 0.244 e. The average molecular weight is 524 g/mol. The minimum absolute atomic E-state index is 0.0691. The lowest BCUT2D eigenvalue weighted by Gasteiger charge is -2.32. The molecule has 1 N–H and O–H groups in total. The van der Waals surface area contributed by atoms with E-state index in [1.165, 1.54) is 11.0 Å². The highest BCUT2D eigenvalue weighted by molar-refractivity contribution is 7.92. The van der Waals surface area contributed by atoms with Gasteiger partial charge in [0.05, 0.1) is 19.1 Å². The second-order valence-corrected chi connectivity index (χ2v) is 10.9. The molecule has 2 aromatic carbocycles. The third kappa shape index (κ3) is 7.86. The van der Waals surface area contributed by atoms with Gasteiger partial charge in [-0.25, -0.2) is 8.42 Å². The summed E-state index contributed by atoms with van der Waals surface area (Å²) < 4.78 is 31.7. The molecule has 2 amide bonds. The van der Waals surface area contributed by atoms with Gasteiger partial charge in [0.15, 0.2) is 0 Å². The third-order valence-electron chi connectivity index (χ3n) is 5.77. The first-order valence-corrected chi connectivity index (χ1v) is 13.6. The zero-order chi connectivity index (χ0) is 26.3. The van der Waals surface area contributed by atoms with E-state index < -0.39 is 28.5 Å². The molecule has 192 valence electrons. The molecule has 2 aromatic rings. The molecule has 0 saturated heterocycles. The molecule has 35 heavy (non-hydrogen) atoms. The van der Waals surface area contributed by atoms with Crippen LogP contribution in [0.4, 0.5) is 5.69 Å². The quantitative estimate of drug-likeness (QED) is 0.484. The molecule has 0 bridgehead atoms. The van der Waals surface area contributed by atoms with Crippen molar-refractivity contribution < 1.29 is 22.7 Å². The van der Waals surface area contributed by atoms with Gasteiger partial charge in [0, 0.05) is 17.6 Å². The smallest absolute Gasteiger partial charge is 0.244 e. The second-order valence-electron chi connectivity index (χ2n) is 8.57. The fourth-order valence-corrected chi connectivity index (χ4v) is 4.53. The molecule has 0 unspecified atom stereocenters. The number of ether oxygens (including phenoxy) is 1. The topological polar surface area (TPSA) is 96.0 Å². The molecular formula is C25H34ClN3O5S. The Morgan fingerprint density at radius 1 is 1.14 bits per heavy atom. The van der Waals surface area contributed by atoms with Crippen LogP contribution in [0.1, 0.15) is 38.3 Å². The van der Waals surface area contributed by atoms with Crippen LogP contribution in [-0.4, -0.2) is 57.1 Å². The van der Waals surface area contributed by atoms with Crippen LogP contribution in [0, 0.1) is 6.92 Å². The van der Waals surface area contributed by atoms with E-state index in [1.807, 2.05) is 19.9 Å². The number of nitrogens with zero attached hydrogens (tertiary/aromatic N) is 2. The zero-order valence-corrected chi connectivity index (χ0v) is 22.6. The summed E-state index contributed by atoms with van der Waals surface area (Å²) in [5.74, 6) is -0.233. The number of hydrogen-bond donors (Lipinski definition) is 1. The maximum atomic E-state index is 13.6. The zero-order valence-electron chi connectivity index (χ0n) is 21.0. The van der Waals surface area contributed by atoms with Gasteiger partial charge in [0.1, 0.15) is 18.3 Å². The SMILES string of the molecule is CC[C@H](C)NC(=O)[C@H](C)N(Cc1cccc(OC)c1)C(=O)CN(c1cc(Cl)ccc1C)S(C)(=O)=O. The van der Waals surface area contributed by atoms with Crippen LogP contribution in [0.15, 0.2) is 42.5 Å². The number of halogens is 1. The number of anilines is 1. The summed E-state index contributed by atoms with van der Waals surface area (Å²) in [6, 6.07) is 11.1. The van der Waals surface area contributed by atoms with E-state index in [0.29, 0.717) is 22.0 Å². The van der Waals surface area contributed by atoms with E-state index in [2.05, 4.69) is 5.32 Å². The Hall–Kier alpha value is -2.78. The van der Waals surface area contributed by atoms with Crippen LogP contribution in [0.3, 0.4) is 0 Å². The fraction of sp³-hybridized carbons (Fsp3) is 0.440. The van der Waals surface area contributed by atoms with Gasteiger partial charge in [0.25, 0.3) is 0 Å². The number of rotatable bonds is 11. The molecule has 0 spiro atoms. The summed E-state index contributed by atoms with van der Waals surface area (Å²) in [4.78, 5) is 27.9. The van der Waals surface area contributed by atoms with Crippen molar-refractivity contribution in [2.45, 2.75) is 52.7 Å². The number of carbonyl (C=O) groups excluding carboxylic acids is 2. The van der Waals surface area contributed by atoms with Gasteiger partial charge in [-0.05, 0) is 62.6 Å². The van der Waals surface area contributed by atoms with Crippen molar-refractivity contribution in [3.05, 3.63) is 58.6 Å². The summed E-state index contributed by atoms with van der Waals surface area (Å²) in [6.45, 7) is 6.82. The first-order valence-electron chi connectivity index (χ1n) is 11.3. The lowest BCUT2D eigenvalue weighted by atomic mass is 10.1. The van der Waals surface area contributed by atoms with Crippen molar-refractivity contribution in [3.63, 3.8) is 0 Å². The van der Waals surface area contributed by atoms with Crippen molar-refractivity contribution in [1.82, 2.24) is 10.2 Å². The van der Waals surface area contributed by atoms with Gasteiger partial charge in [-0.15, -0.1) is 0 Å². The van der Waals surface area contributed by atoms with Crippen molar-refractivity contribution in [3.8, 4) is 5.75 Å². The van der Waals surface area contributed by atoms with Crippen LogP contribution in [-0.2, 0) is 26.2 Å². The Morgan fingerprint density at radius 2 is 1.83 bits per heavy atom. The molecule has 0 radical (unpaired) electrons. The van der Waals surface area contributed by atoms with Gasteiger partial charge in [-0.2, -0.15) is 0 Å². The molecule has 2 atom stereocenters. The molecule has 0 fully saturated rings. The van der Waals surface area contributed by atoms with E-state index in [-0.39, 0.29) is 18.5 Å². The maximum absolute atomic E-state index is 13.6. The van der Waals surface area contributed by atoms with Gasteiger partial charge in [-0.3, -0.25) is 13.9 Å². The number of methoxy groups -OCH3 is 1. The normalized spacial score (nSPS) is 13.0. The Bertz CT molecular complexity index is 1160. The van der Waals surface area contributed by atoms with Crippen molar-refractivity contribution in [2.24, 2.45) is 0 Å². The van der Waals surface area contributed by atoms with Crippen molar-refractivity contribution >= 4 is 39.1 Å². The number of hydrogen-bond acceptors (Lipinski definition) is 5. The standard InChI is InChI=1S/C25H34ClN3O5S/c1-7-18(3)27-25(31)19(4)28(15-20-9-8-10-22(13-20)34-5)24(30)16-29(35(6,32)33)23-14-21(26)12-11-17(23)2/h8-14,18-19H,7,15-16H2,1-6H3,(H,27,31)/t18-,19-/m0/s1. The van der Waals surface area contributed by atoms with Crippen molar-refractivity contribution in [1.29, 1.82) is 0 Å². The van der Waals surface area contributed by atoms with Gasteiger partial charge in [0.2, 0.25) is 21.8 Å². The largest absolute Gasteiger partial charge is 0.497 e. The van der Waals surface area contributed by atoms with E-state index in [1.54, 1.807) is 51.3 Å². The summed E-state index contributed by atoms with van der Waals surface area (Å²) in [5, 5.41) is 3.25. The lowest BCUT2D eigenvalue weighted by Crippen LogP contribution is -2.52. The Morgan fingerprint density at radius 3 is 2.43 bits per heavy atom. The lowest BCUT2D eigenvalue weighted by molar-refractivity contribution is -0.139. The molecule has 0 heterocycles. The minimum atomic E-state index is -3.83. The summed E-state index contributed by atoms with van der Waals surface area (Å²) in [6.07, 6.45) is 1.77. The van der Waals surface area contributed by atoms with Gasteiger partial charge < -0.3 is 15.0 Å². The van der Waals surface area contributed by atoms with E-state index in [9.17, 15) is 18.0 Å². The predicted octanol–water partition coefficient (Wildman–Crippen LogP) is 3.76. The van der Waals surface area contributed by atoms with Crippen LogP contribution in [0.5, 0.6) is 5.75 Å². The highest BCUT2D eigenvalue weighted by atomic mass is 35.5. The predicted molar refractivity (Wildman–Crippen MR) is 139 cm³/mol.